The van der Waals surface area contributed by atoms with Crippen LogP contribution in [-0.4, -0.2) is 19.3 Å². The number of hydrogen-bond acceptors (Lipinski definition) is 3. The molecule has 1 aliphatic heterocycles. The molecule has 1 aromatic carbocycles. The first kappa shape index (κ1) is 16.5. The Morgan fingerprint density at radius 1 is 1.24 bits per heavy atom. The largest absolute Gasteiger partial charge is 0.381 e. The van der Waals surface area contributed by atoms with Crippen molar-refractivity contribution in [2.24, 2.45) is 11.8 Å². The van der Waals surface area contributed by atoms with Crippen LogP contribution in [-0.2, 0) is 10.2 Å². The molecule has 3 nitrogen and oxygen atoms in total. The first-order chi connectivity index (χ1) is 10.2. The van der Waals surface area contributed by atoms with E-state index in [2.05, 4.69) is 49.6 Å². The molecule has 2 unspecified atom stereocenters. The molecule has 3 N–H and O–H groups in total. The number of hydrogen-bond donors (Lipinski definition) is 2. The maximum absolute atomic E-state index is 5.98. The number of hydrazine groups is 1. The third-order valence-corrected chi connectivity index (χ3v) is 5.02. The van der Waals surface area contributed by atoms with E-state index in [1.807, 2.05) is 0 Å². The molecule has 2 atom stereocenters. The average Bonchev–Trinajstić information content (AvgIpc) is 2.54. The fourth-order valence-electron chi connectivity index (χ4n) is 3.81. The molecule has 3 heteroatoms. The Bertz CT molecular complexity index is 401. The first-order valence-electron chi connectivity index (χ1n) is 8.32. The summed E-state index contributed by atoms with van der Waals surface area (Å²) in [6.45, 7) is 6.25. The quantitative estimate of drug-likeness (QED) is 0.598. The van der Waals surface area contributed by atoms with Crippen LogP contribution in [0.15, 0.2) is 30.3 Å². The van der Waals surface area contributed by atoms with Crippen molar-refractivity contribution in [3.05, 3.63) is 35.9 Å². The van der Waals surface area contributed by atoms with Crippen LogP contribution in [0.1, 0.15) is 51.5 Å². The Balaban J connectivity index is 2.25. The van der Waals surface area contributed by atoms with Crippen LogP contribution in [0.5, 0.6) is 0 Å². The van der Waals surface area contributed by atoms with E-state index < -0.39 is 0 Å². The Kier molecular flexibility index (Phi) is 6.22. The molecule has 1 saturated heterocycles. The van der Waals surface area contributed by atoms with E-state index in [-0.39, 0.29) is 5.41 Å². The van der Waals surface area contributed by atoms with E-state index >= 15 is 0 Å². The summed E-state index contributed by atoms with van der Waals surface area (Å²) >= 11 is 0. The fraction of sp³-hybridized carbons (Fsp3) is 0.667. The Morgan fingerprint density at radius 2 is 1.90 bits per heavy atom. The second-order valence-corrected chi connectivity index (χ2v) is 6.48. The highest BCUT2D eigenvalue weighted by atomic mass is 16.5. The van der Waals surface area contributed by atoms with Crippen LogP contribution in [0.2, 0.25) is 0 Å². The highest BCUT2D eigenvalue weighted by Gasteiger charge is 2.41. The summed E-state index contributed by atoms with van der Waals surface area (Å²) in [6.07, 6.45) is 5.72. The van der Waals surface area contributed by atoms with Gasteiger partial charge in [0.1, 0.15) is 0 Å². The molecule has 1 heterocycles. The van der Waals surface area contributed by atoms with Gasteiger partial charge in [-0.3, -0.25) is 11.3 Å². The van der Waals surface area contributed by atoms with Crippen LogP contribution in [0.3, 0.4) is 0 Å². The van der Waals surface area contributed by atoms with E-state index in [9.17, 15) is 0 Å². The molecule has 0 spiro atoms. The van der Waals surface area contributed by atoms with Gasteiger partial charge in [-0.25, -0.2) is 0 Å². The maximum atomic E-state index is 5.98. The zero-order valence-electron chi connectivity index (χ0n) is 13.5. The zero-order chi connectivity index (χ0) is 15.1. The number of nitrogens with one attached hydrogen (secondary N) is 1. The second-order valence-electron chi connectivity index (χ2n) is 6.48. The van der Waals surface area contributed by atoms with Gasteiger partial charge >= 0.3 is 0 Å². The lowest BCUT2D eigenvalue weighted by molar-refractivity contribution is 0.0303. The Morgan fingerprint density at radius 3 is 2.48 bits per heavy atom. The average molecular weight is 290 g/mol. The van der Waals surface area contributed by atoms with Crippen molar-refractivity contribution in [1.29, 1.82) is 0 Å². The van der Waals surface area contributed by atoms with Crippen molar-refractivity contribution < 1.29 is 4.74 Å². The van der Waals surface area contributed by atoms with Gasteiger partial charge in [0, 0.05) is 24.7 Å². The van der Waals surface area contributed by atoms with E-state index in [1.165, 1.54) is 18.4 Å². The molecule has 1 fully saturated rings. The van der Waals surface area contributed by atoms with Crippen LogP contribution >= 0.6 is 0 Å². The van der Waals surface area contributed by atoms with Crippen LogP contribution in [0.25, 0.3) is 0 Å². The van der Waals surface area contributed by atoms with E-state index in [0.29, 0.717) is 12.0 Å². The first-order valence-corrected chi connectivity index (χ1v) is 8.32. The normalized spacial score (nSPS) is 20.9. The molecule has 0 amide bonds. The summed E-state index contributed by atoms with van der Waals surface area (Å²) in [4.78, 5) is 0. The monoisotopic (exact) mass is 290 g/mol. The molecule has 0 radical (unpaired) electrons. The van der Waals surface area contributed by atoms with E-state index in [0.717, 1.165) is 32.5 Å². The van der Waals surface area contributed by atoms with E-state index in [4.69, 9.17) is 10.6 Å². The number of nitrogens with two attached hydrogens (primary N) is 1. The Hall–Kier alpha value is -0.900. The predicted octanol–water partition coefficient (Wildman–Crippen LogP) is 3.39. The van der Waals surface area contributed by atoms with Crippen molar-refractivity contribution in [3.8, 4) is 0 Å². The zero-order valence-corrected chi connectivity index (χ0v) is 13.5. The number of rotatable bonds is 7. The molecular weight excluding hydrogens is 260 g/mol. The van der Waals surface area contributed by atoms with Crippen LogP contribution in [0.4, 0.5) is 0 Å². The van der Waals surface area contributed by atoms with Gasteiger partial charge in [-0.05, 0) is 30.7 Å². The lowest BCUT2D eigenvalue weighted by atomic mass is 9.66. The third kappa shape index (κ3) is 3.85. The topological polar surface area (TPSA) is 47.3 Å². The molecule has 1 aliphatic rings. The van der Waals surface area contributed by atoms with E-state index in [1.54, 1.807) is 0 Å². The number of ether oxygens (including phenoxy) is 1. The predicted molar refractivity (Wildman–Crippen MR) is 88.0 cm³/mol. The lowest BCUT2D eigenvalue weighted by Crippen LogP contribution is -2.54. The smallest absolute Gasteiger partial charge is 0.0475 e. The van der Waals surface area contributed by atoms with Crippen molar-refractivity contribution in [1.82, 2.24) is 5.43 Å². The summed E-state index contributed by atoms with van der Waals surface area (Å²) in [7, 11) is 0. The standard InChI is InChI=1S/C18H30N2O/c1-3-7-15(2)14-17(20-19)18(10-12-21-13-11-18)16-8-5-4-6-9-16/h4-6,8-9,15,17,20H,3,7,10-14,19H2,1-2H3. The van der Waals surface area contributed by atoms with Gasteiger partial charge in [0.25, 0.3) is 0 Å². The molecule has 0 aromatic heterocycles. The molecule has 0 bridgehead atoms. The number of benzene rings is 1. The van der Waals surface area contributed by atoms with Gasteiger partial charge in [-0.1, -0.05) is 57.0 Å². The summed E-state index contributed by atoms with van der Waals surface area (Å²) in [5.74, 6) is 6.67. The summed E-state index contributed by atoms with van der Waals surface area (Å²) in [6, 6.07) is 11.2. The minimum absolute atomic E-state index is 0.107. The van der Waals surface area contributed by atoms with Crippen LogP contribution in [0, 0.1) is 5.92 Å². The molecule has 21 heavy (non-hydrogen) atoms. The minimum Gasteiger partial charge on any atom is -0.381 e. The molecule has 0 saturated carbocycles. The maximum Gasteiger partial charge on any atom is 0.0475 e. The summed E-state index contributed by atoms with van der Waals surface area (Å²) in [5.41, 5.74) is 4.65. The Labute approximate surface area is 129 Å². The van der Waals surface area contributed by atoms with Gasteiger partial charge in [-0.15, -0.1) is 0 Å². The third-order valence-electron chi connectivity index (χ3n) is 5.02. The molecule has 118 valence electrons. The molecular formula is C18H30N2O. The molecule has 2 rings (SSSR count). The van der Waals surface area contributed by atoms with Crippen molar-refractivity contribution in [2.75, 3.05) is 13.2 Å². The highest BCUT2D eigenvalue weighted by molar-refractivity contribution is 5.28. The van der Waals surface area contributed by atoms with Gasteiger partial charge in [0.2, 0.25) is 0 Å². The lowest BCUT2D eigenvalue weighted by Gasteiger charge is -2.44. The minimum atomic E-state index is 0.107. The summed E-state index contributed by atoms with van der Waals surface area (Å²) in [5, 5.41) is 0. The van der Waals surface area contributed by atoms with Crippen molar-refractivity contribution >= 4 is 0 Å². The van der Waals surface area contributed by atoms with Crippen molar-refractivity contribution in [3.63, 3.8) is 0 Å². The van der Waals surface area contributed by atoms with Gasteiger partial charge in [0.15, 0.2) is 0 Å². The van der Waals surface area contributed by atoms with Gasteiger partial charge in [-0.2, -0.15) is 0 Å². The second kappa shape index (κ2) is 7.92. The summed E-state index contributed by atoms with van der Waals surface area (Å²) < 4.78 is 5.62. The van der Waals surface area contributed by atoms with Gasteiger partial charge in [0.05, 0.1) is 0 Å². The molecule has 0 aliphatic carbocycles. The highest BCUT2D eigenvalue weighted by Crippen LogP contribution is 2.40. The SMILES string of the molecule is CCCC(C)CC(NN)C1(c2ccccc2)CCOCC1. The fourth-order valence-corrected chi connectivity index (χ4v) is 3.81. The van der Waals surface area contributed by atoms with Crippen molar-refractivity contribution in [2.45, 2.75) is 57.4 Å². The van der Waals surface area contributed by atoms with Gasteiger partial charge < -0.3 is 4.74 Å². The molecule has 1 aromatic rings. The van der Waals surface area contributed by atoms with Crippen LogP contribution < -0.4 is 11.3 Å².